The number of anilines is 1. The molecule has 1 saturated heterocycles. The molecule has 26 heavy (non-hydrogen) atoms. The van der Waals surface area contributed by atoms with E-state index in [1.807, 2.05) is 24.3 Å². The van der Waals surface area contributed by atoms with Crippen LogP contribution in [-0.2, 0) is 6.54 Å². The van der Waals surface area contributed by atoms with E-state index in [0.29, 0.717) is 11.6 Å². The molecule has 1 aliphatic heterocycles. The summed E-state index contributed by atoms with van der Waals surface area (Å²) in [6.45, 7) is 2.65. The van der Waals surface area contributed by atoms with E-state index in [9.17, 15) is 0 Å². The summed E-state index contributed by atoms with van der Waals surface area (Å²) in [6.07, 6.45) is 3.73. The van der Waals surface area contributed by atoms with E-state index in [1.165, 1.54) is 0 Å². The van der Waals surface area contributed by atoms with Crippen molar-refractivity contribution in [1.82, 2.24) is 10.3 Å². The third-order valence-corrected chi connectivity index (χ3v) is 4.76. The van der Waals surface area contributed by atoms with Crippen molar-refractivity contribution in [1.29, 1.82) is 5.26 Å². The number of piperidine rings is 1. The number of benzene rings is 1. The normalized spacial score (nSPS) is 14.7. The van der Waals surface area contributed by atoms with E-state index < -0.39 is 0 Å². The zero-order chi connectivity index (χ0) is 18.4. The van der Waals surface area contributed by atoms with Gasteiger partial charge in [-0.25, -0.2) is 4.98 Å². The Bertz CT molecular complexity index is 762. The molecular weight excluding hydrogens is 328 g/mol. The predicted molar refractivity (Wildman–Crippen MR) is 101 cm³/mol. The summed E-state index contributed by atoms with van der Waals surface area (Å²) in [7, 11) is 3.33. The van der Waals surface area contributed by atoms with Crippen LogP contribution in [0.1, 0.15) is 24.0 Å². The van der Waals surface area contributed by atoms with Gasteiger partial charge in [-0.1, -0.05) is 12.1 Å². The van der Waals surface area contributed by atoms with E-state index in [2.05, 4.69) is 27.3 Å². The van der Waals surface area contributed by atoms with Crippen molar-refractivity contribution >= 4 is 5.82 Å². The number of aromatic nitrogens is 1. The minimum absolute atomic E-state index is 0.459. The Hall–Kier alpha value is -2.78. The molecule has 136 valence electrons. The van der Waals surface area contributed by atoms with Gasteiger partial charge in [0.1, 0.15) is 11.9 Å². The van der Waals surface area contributed by atoms with Crippen LogP contribution in [0.3, 0.4) is 0 Å². The number of methoxy groups -OCH3 is 2. The molecule has 6 heteroatoms. The van der Waals surface area contributed by atoms with Crippen LogP contribution in [-0.4, -0.2) is 38.3 Å². The maximum Gasteiger partial charge on any atom is 0.165 e. The van der Waals surface area contributed by atoms with Gasteiger partial charge in [0.05, 0.1) is 19.8 Å². The molecular formula is C20H24N4O2. The molecule has 1 aromatic heterocycles. The van der Waals surface area contributed by atoms with Crippen LogP contribution in [0.2, 0.25) is 0 Å². The van der Waals surface area contributed by atoms with Crippen LogP contribution in [0, 0.1) is 11.3 Å². The molecule has 0 radical (unpaired) electrons. The summed E-state index contributed by atoms with van der Waals surface area (Å²) in [5.41, 5.74) is 1.69. The molecule has 0 amide bonds. The van der Waals surface area contributed by atoms with Gasteiger partial charge >= 0.3 is 0 Å². The van der Waals surface area contributed by atoms with E-state index in [-0.39, 0.29) is 0 Å². The molecule has 3 rings (SSSR count). The van der Waals surface area contributed by atoms with Gasteiger partial charge < -0.3 is 19.7 Å². The van der Waals surface area contributed by atoms with Crippen LogP contribution < -0.4 is 19.7 Å². The van der Waals surface area contributed by atoms with Gasteiger partial charge in [-0.3, -0.25) is 0 Å². The van der Waals surface area contributed by atoms with Crippen molar-refractivity contribution in [2.45, 2.75) is 25.4 Å². The Balaban J connectivity index is 1.54. The van der Waals surface area contributed by atoms with Gasteiger partial charge in [0.25, 0.3) is 0 Å². The number of hydrogen-bond donors (Lipinski definition) is 1. The van der Waals surface area contributed by atoms with Gasteiger partial charge in [0.15, 0.2) is 11.5 Å². The first-order valence-corrected chi connectivity index (χ1v) is 8.79. The number of nitrogens with one attached hydrogen (secondary N) is 1. The summed E-state index contributed by atoms with van der Waals surface area (Å²) in [4.78, 5) is 6.66. The summed E-state index contributed by atoms with van der Waals surface area (Å²) < 4.78 is 10.9. The fraction of sp³-hybridized carbons (Fsp3) is 0.400. The summed E-state index contributed by atoms with van der Waals surface area (Å²) in [6, 6.07) is 12.3. The first-order valence-electron chi connectivity index (χ1n) is 8.79. The average molecular weight is 352 g/mol. The molecule has 0 spiro atoms. The fourth-order valence-corrected chi connectivity index (χ4v) is 3.30. The molecule has 1 N–H and O–H groups in total. The fourth-order valence-electron chi connectivity index (χ4n) is 3.30. The highest BCUT2D eigenvalue weighted by atomic mass is 16.5. The largest absolute Gasteiger partial charge is 0.493 e. The molecule has 2 aromatic rings. The van der Waals surface area contributed by atoms with Gasteiger partial charge in [-0.15, -0.1) is 0 Å². The van der Waals surface area contributed by atoms with E-state index in [4.69, 9.17) is 14.7 Å². The number of nitrogens with zero attached hydrogens (tertiary/aromatic N) is 3. The highest BCUT2D eigenvalue weighted by Crippen LogP contribution is 2.30. The second kappa shape index (κ2) is 8.54. The molecule has 1 aromatic carbocycles. The molecule has 1 fully saturated rings. The minimum Gasteiger partial charge on any atom is -0.493 e. The number of nitriles is 1. The molecule has 1 aliphatic rings. The maximum absolute atomic E-state index is 8.87. The van der Waals surface area contributed by atoms with Crippen molar-refractivity contribution in [2.75, 3.05) is 32.2 Å². The van der Waals surface area contributed by atoms with Crippen molar-refractivity contribution in [3.63, 3.8) is 0 Å². The maximum atomic E-state index is 8.87. The number of pyridine rings is 1. The summed E-state index contributed by atoms with van der Waals surface area (Å²) in [5.74, 6) is 2.49. The quantitative estimate of drug-likeness (QED) is 0.862. The molecule has 0 saturated carbocycles. The van der Waals surface area contributed by atoms with Gasteiger partial charge in [-0.2, -0.15) is 5.26 Å². The summed E-state index contributed by atoms with van der Waals surface area (Å²) in [5, 5.41) is 12.5. The third-order valence-electron chi connectivity index (χ3n) is 4.76. The first-order chi connectivity index (χ1) is 12.7. The second-order valence-electron chi connectivity index (χ2n) is 6.31. The van der Waals surface area contributed by atoms with Crippen molar-refractivity contribution in [3.8, 4) is 17.6 Å². The summed E-state index contributed by atoms with van der Waals surface area (Å²) >= 11 is 0. The second-order valence-corrected chi connectivity index (χ2v) is 6.31. The lowest BCUT2D eigenvalue weighted by atomic mass is 10.0. The number of para-hydroxylation sites is 1. The van der Waals surface area contributed by atoms with E-state index >= 15 is 0 Å². The SMILES string of the molecule is COc1cccc(CNC2CCN(c3ccc(C#N)cn3)CC2)c1OC. The van der Waals surface area contributed by atoms with Crippen molar-refractivity contribution in [3.05, 3.63) is 47.7 Å². The van der Waals surface area contributed by atoms with Crippen LogP contribution >= 0.6 is 0 Å². The Labute approximate surface area is 154 Å². The first kappa shape index (κ1) is 18.0. The number of ether oxygens (including phenoxy) is 2. The third kappa shape index (κ3) is 4.06. The monoisotopic (exact) mass is 352 g/mol. The van der Waals surface area contributed by atoms with Gasteiger partial charge in [-0.05, 0) is 31.0 Å². The molecule has 6 nitrogen and oxygen atoms in total. The highest BCUT2D eigenvalue weighted by Gasteiger charge is 2.20. The van der Waals surface area contributed by atoms with Gasteiger partial charge in [0.2, 0.25) is 0 Å². The van der Waals surface area contributed by atoms with E-state index in [0.717, 1.165) is 55.4 Å². The molecule has 0 atom stereocenters. The van der Waals surface area contributed by atoms with Crippen LogP contribution in [0.4, 0.5) is 5.82 Å². The zero-order valence-corrected chi connectivity index (χ0v) is 15.2. The average Bonchev–Trinajstić information content (AvgIpc) is 2.72. The van der Waals surface area contributed by atoms with Crippen LogP contribution in [0.15, 0.2) is 36.5 Å². The lowest BCUT2D eigenvalue weighted by molar-refractivity contribution is 0.347. The Morgan fingerprint density at radius 3 is 2.62 bits per heavy atom. The Kier molecular flexibility index (Phi) is 5.92. The van der Waals surface area contributed by atoms with E-state index in [1.54, 1.807) is 20.4 Å². The zero-order valence-electron chi connectivity index (χ0n) is 15.2. The lowest BCUT2D eigenvalue weighted by Crippen LogP contribution is -2.42. The lowest BCUT2D eigenvalue weighted by Gasteiger charge is -2.33. The molecule has 2 heterocycles. The number of hydrogen-bond acceptors (Lipinski definition) is 6. The van der Waals surface area contributed by atoms with Crippen LogP contribution in [0.25, 0.3) is 0 Å². The standard InChI is InChI=1S/C20H24N4O2/c1-25-18-5-3-4-16(20(18)26-2)14-22-17-8-10-24(11-9-17)19-7-6-15(12-21)13-23-19/h3-7,13,17,22H,8-11,14H2,1-2H3. The van der Waals surface area contributed by atoms with Crippen molar-refractivity contribution < 1.29 is 9.47 Å². The Morgan fingerprint density at radius 2 is 2.00 bits per heavy atom. The molecule has 0 unspecified atom stereocenters. The minimum atomic E-state index is 0.459. The predicted octanol–water partition coefficient (Wildman–Crippen LogP) is 2.73. The van der Waals surface area contributed by atoms with Gasteiger partial charge in [0, 0.05) is 37.4 Å². The Morgan fingerprint density at radius 1 is 1.19 bits per heavy atom. The molecule has 0 bridgehead atoms. The molecule has 0 aliphatic carbocycles. The number of rotatable bonds is 6. The van der Waals surface area contributed by atoms with Crippen molar-refractivity contribution in [2.24, 2.45) is 0 Å². The topological polar surface area (TPSA) is 70.4 Å². The smallest absolute Gasteiger partial charge is 0.165 e. The highest BCUT2D eigenvalue weighted by molar-refractivity contribution is 5.46. The van der Waals surface area contributed by atoms with Crippen LogP contribution in [0.5, 0.6) is 11.5 Å².